The van der Waals surface area contributed by atoms with Gasteiger partial charge < -0.3 is 14.1 Å². The second-order valence-electron chi connectivity index (χ2n) is 8.16. The highest BCUT2D eigenvalue weighted by Gasteiger charge is 2.29. The van der Waals surface area contributed by atoms with Crippen LogP contribution in [0.1, 0.15) is 31.3 Å². The molecular weight excluding hydrogens is 446 g/mol. The largest absolute Gasteiger partial charge is 0.337 e. The van der Waals surface area contributed by atoms with Crippen molar-refractivity contribution in [3.05, 3.63) is 74.6 Å². The molecule has 0 saturated heterocycles. The van der Waals surface area contributed by atoms with Gasteiger partial charge in [0.25, 0.3) is 0 Å². The van der Waals surface area contributed by atoms with Gasteiger partial charge in [-0.2, -0.15) is 9.71 Å². The van der Waals surface area contributed by atoms with Gasteiger partial charge in [-0.25, -0.2) is 8.42 Å². The average molecular weight is 470 g/mol. The van der Waals surface area contributed by atoms with Crippen molar-refractivity contribution in [3.63, 3.8) is 0 Å². The Hall–Kier alpha value is -3.57. The van der Waals surface area contributed by atoms with Crippen LogP contribution in [-0.4, -0.2) is 28.1 Å². The molecular formula is C22H23N5O5S. The molecule has 2 aromatic carbocycles. The predicted octanol–water partition coefficient (Wildman–Crippen LogP) is 2.26. The Morgan fingerprint density at radius 2 is 1.79 bits per heavy atom. The molecule has 2 N–H and O–H groups in total. The van der Waals surface area contributed by atoms with Crippen LogP contribution in [-0.2, 0) is 17.1 Å². The van der Waals surface area contributed by atoms with Crippen LogP contribution in [0, 0.1) is 12.8 Å². The van der Waals surface area contributed by atoms with Gasteiger partial charge in [0, 0.05) is 12.6 Å². The van der Waals surface area contributed by atoms with Gasteiger partial charge >= 0.3 is 11.1 Å². The molecule has 1 unspecified atom stereocenters. The molecule has 0 spiro atoms. The maximum absolute atomic E-state index is 12.9. The van der Waals surface area contributed by atoms with E-state index in [-0.39, 0.29) is 22.5 Å². The summed E-state index contributed by atoms with van der Waals surface area (Å²) >= 11 is 0. The van der Waals surface area contributed by atoms with Crippen molar-refractivity contribution < 1.29 is 12.9 Å². The number of hydrogen-bond acceptors (Lipinski definition) is 7. The first-order valence-corrected chi connectivity index (χ1v) is 11.7. The highest BCUT2D eigenvalue weighted by molar-refractivity contribution is 7.89. The molecule has 0 aliphatic carbocycles. The standard InChI is InChI=1S/C22H23N5O5S/c1-12(2)18(26-33(30,31)15-8-5-13(3)6-9-15)21-24-19(25-32-21)14-7-10-17-16(11-14)23-20(28)22(29)27(17)4/h5-12,18,26H,1-4H3,(H,23,28). The van der Waals surface area contributed by atoms with Gasteiger partial charge in [-0.15, -0.1) is 0 Å². The Bertz CT molecular complexity index is 1550. The van der Waals surface area contributed by atoms with Crippen molar-refractivity contribution in [2.24, 2.45) is 13.0 Å². The number of fused-ring (bicyclic) bond motifs is 1. The Labute approximate surface area is 189 Å². The molecule has 4 aromatic rings. The lowest BCUT2D eigenvalue weighted by molar-refractivity contribution is 0.311. The minimum absolute atomic E-state index is 0.115. The van der Waals surface area contributed by atoms with Crippen molar-refractivity contribution in [2.75, 3.05) is 0 Å². The second kappa shape index (κ2) is 8.41. The first kappa shape index (κ1) is 22.6. The molecule has 0 aliphatic heterocycles. The van der Waals surface area contributed by atoms with E-state index < -0.39 is 27.2 Å². The highest BCUT2D eigenvalue weighted by atomic mass is 32.2. The quantitative estimate of drug-likeness (QED) is 0.413. The zero-order chi connectivity index (χ0) is 23.9. The molecule has 0 radical (unpaired) electrons. The topological polar surface area (TPSA) is 140 Å². The number of aromatic nitrogens is 4. The molecule has 11 heteroatoms. The van der Waals surface area contributed by atoms with Crippen molar-refractivity contribution in [3.8, 4) is 11.4 Å². The molecule has 10 nitrogen and oxygen atoms in total. The maximum Gasteiger partial charge on any atom is 0.316 e. The van der Waals surface area contributed by atoms with Crippen LogP contribution in [0.2, 0.25) is 0 Å². The van der Waals surface area contributed by atoms with Crippen molar-refractivity contribution in [1.82, 2.24) is 24.4 Å². The molecule has 33 heavy (non-hydrogen) atoms. The molecule has 0 fully saturated rings. The minimum atomic E-state index is -3.82. The van der Waals surface area contributed by atoms with E-state index in [0.717, 1.165) is 5.56 Å². The van der Waals surface area contributed by atoms with Crippen LogP contribution in [0.5, 0.6) is 0 Å². The van der Waals surface area contributed by atoms with Gasteiger partial charge in [0.2, 0.25) is 21.7 Å². The zero-order valence-electron chi connectivity index (χ0n) is 18.5. The number of rotatable bonds is 6. The first-order valence-electron chi connectivity index (χ1n) is 10.2. The summed E-state index contributed by atoms with van der Waals surface area (Å²) in [7, 11) is -2.30. The first-order chi connectivity index (χ1) is 15.6. The third kappa shape index (κ3) is 4.37. The molecule has 2 heterocycles. The van der Waals surface area contributed by atoms with Crippen molar-refractivity contribution >= 4 is 21.1 Å². The monoisotopic (exact) mass is 469 g/mol. The molecule has 1 atom stereocenters. The smallest absolute Gasteiger partial charge is 0.316 e. The van der Waals surface area contributed by atoms with Gasteiger partial charge in [0.15, 0.2) is 0 Å². The maximum atomic E-state index is 12.9. The zero-order valence-corrected chi connectivity index (χ0v) is 19.3. The van der Waals surface area contributed by atoms with E-state index in [1.165, 1.54) is 23.7 Å². The third-order valence-electron chi connectivity index (χ3n) is 5.35. The Kier molecular flexibility index (Phi) is 5.76. The van der Waals surface area contributed by atoms with E-state index in [1.54, 1.807) is 30.3 Å². The Morgan fingerprint density at radius 3 is 2.45 bits per heavy atom. The number of nitrogens with zero attached hydrogens (tertiary/aromatic N) is 3. The van der Waals surface area contributed by atoms with E-state index >= 15 is 0 Å². The number of nitrogens with one attached hydrogen (secondary N) is 2. The summed E-state index contributed by atoms with van der Waals surface area (Å²) in [4.78, 5) is 30.8. The van der Waals surface area contributed by atoms with Gasteiger partial charge in [-0.05, 0) is 43.2 Å². The molecule has 0 saturated carbocycles. The van der Waals surface area contributed by atoms with Gasteiger partial charge in [0.1, 0.15) is 6.04 Å². The van der Waals surface area contributed by atoms with Crippen molar-refractivity contribution in [1.29, 1.82) is 0 Å². The SMILES string of the molecule is Cc1ccc(S(=O)(=O)NC(c2nc(-c3ccc4c(c3)[nH]c(=O)c(=O)n4C)no2)C(C)C)cc1. The minimum Gasteiger partial charge on any atom is -0.337 e. The van der Waals surface area contributed by atoms with E-state index in [2.05, 4.69) is 19.8 Å². The van der Waals surface area contributed by atoms with E-state index in [4.69, 9.17) is 4.52 Å². The van der Waals surface area contributed by atoms with Gasteiger partial charge in [-0.1, -0.05) is 36.7 Å². The van der Waals surface area contributed by atoms with E-state index in [0.29, 0.717) is 16.6 Å². The summed E-state index contributed by atoms with van der Waals surface area (Å²) in [6.45, 7) is 5.56. The van der Waals surface area contributed by atoms with Crippen molar-refractivity contribution in [2.45, 2.75) is 31.7 Å². The molecule has 0 bridgehead atoms. The van der Waals surface area contributed by atoms with Crippen LogP contribution in [0.4, 0.5) is 0 Å². The second-order valence-corrected chi connectivity index (χ2v) is 9.88. The van der Waals surface area contributed by atoms with Crippen LogP contribution in [0.25, 0.3) is 22.4 Å². The Morgan fingerprint density at radius 1 is 1.09 bits per heavy atom. The fourth-order valence-electron chi connectivity index (χ4n) is 3.41. The number of aromatic amines is 1. The summed E-state index contributed by atoms with van der Waals surface area (Å²) in [5.74, 6) is 0.160. The number of benzene rings is 2. The highest BCUT2D eigenvalue weighted by Crippen LogP contribution is 2.26. The summed E-state index contributed by atoms with van der Waals surface area (Å²) in [6, 6.07) is 10.8. The third-order valence-corrected chi connectivity index (χ3v) is 6.81. The van der Waals surface area contributed by atoms with Gasteiger partial charge in [0.05, 0.1) is 15.9 Å². The summed E-state index contributed by atoms with van der Waals surface area (Å²) < 4.78 is 35.1. The van der Waals surface area contributed by atoms with E-state index in [9.17, 15) is 18.0 Å². The summed E-state index contributed by atoms with van der Waals surface area (Å²) in [5.41, 5.74) is 1.08. The Balaban J connectivity index is 1.68. The molecule has 0 amide bonds. The lowest BCUT2D eigenvalue weighted by Crippen LogP contribution is -2.34. The molecule has 4 rings (SSSR count). The summed E-state index contributed by atoms with van der Waals surface area (Å²) in [6.07, 6.45) is 0. The molecule has 2 aromatic heterocycles. The fourth-order valence-corrected chi connectivity index (χ4v) is 4.75. The number of hydrogen-bond donors (Lipinski definition) is 2. The van der Waals surface area contributed by atoms with Crippen LogP contribution >= 0.6 is 0 Å². The van der Waals surface area contributed by atoms with Crippen LogP contribution in [0.3, 0.4) is 0 Å². The van der Waals surface area contributed by atoms with Crippen LogP contribution in [0.15, 0.2) is 61.5 Å². The molecule has 172 valence electrons. The van der Waals surface area contributed by atoms with Gasteiger partial charge in [-0.3, -0.25) is 9.59 Å². The normalized spacial score (nSPS) is 13.0. The average Bonchev–Trinajstić information content (AvgIpc) is 3.25. The predicted molar refractivity (Wildman–Crippen MR) is 122 cm³/mol. The van der Waals surface area contributed by atoms with Crippen LogP contribution < -0.4 is 15.8 Å². The number of sulfonamides is 1. The number of aryl methyl sites for hydroxylation is 2. The molecule has 0 aliphatic rings. The summed E-state index contributed by atoms with van der Waals surface area (Å²) in [5, 5.41) is 3.99. The lowest BCUT2D eigenvalue weighted by atomic mass is 10.1. The van der Waals surface area contributed by atoms with E-state index in [1.807, 2.05) is 20.8 Å². The lowest BCUT2D eigenvalue weighted by Gasteiger charge is -2.18. The fraction of sp³-hybridized carbons (Fsp3) is 0.273. The number of H-pyrrole nitrogens is 1.